The van der Waals surface area contributed by atoms with Crippen LogP contribution < -0.4 is 5.73 Å². The standard InChI is InChI=1S/C3H8O.C2H6O.CH3NO2/c1-3(2)4;1-2-3;2-1(3)4/h3-4H,1-2H3;3H,2H2,1H3;2H2,(H,3,4). The second-order valence-corrected chi connectivity index (χ2v) is 1.75. The van der Waals surface area contributed by atoms with Gasteiger partial charge in [0, 0.05) is 12.7 Å². The fraction of sp³-hybridized carbons (Fsp3) is 0.833. The lowest BCUT2D eigenvalue weighted by atomic mass is 10.5. The van der Waals surface area contributed by atoms with Crippen LogP contribution in [-0.2, 0) is 0 Å². The van der Waals surface area contributed by atoms with Crippen molar-refractivity contribution in [3.8, 4) is 0 Å². The average molecular weight is 167 g/mol. The van der Waals surface area contributed by atoms with Crippen molar-refractivity contribution in [2.75, 3.05) is 6.61 Å². The monoisotopic (exact) mass is 167 g/mol. The minimum absolute atomic E-state index is 0.167. The Bertz CT molecular complexity index is 68.2. The Kier molecular flexibility index (Phi) is 24.3. The summed E-state index contributed by atoms with van der Waals surface area (Å²) in [4.78, 5) is 8.78. The zero-order valence-corrected chi connectivity index (χ0v) is 7.11. The zero-order valence-electron chi connectivity index (χ0n) is 7.11. The predicted octanol–water partition coefficient (Wildman–Crippen LogP) is 0.00880. The Morgan fingerprint density at radius 3 is 1.55 bits per heavy atom. The molecular formula is C6H17NO4. The van der Waals surface area contributed by atoms with Gasteiger partial charge in [0.15, 0.2) is 0 Å². The normalized spacial score (nSPS) is 7.09. The van der Waals surface area contributed by atoms with Crippen LogP contribution in [0, 0.1) is 0 Å². The molecule has 0 aromatic carbocycles. The summed E-state index contributed by atoms with van der Waals surface area (Å²) in [5, 5.41) is 22.8. The van der Waals surface area contributed by atoms with Crippen molar-refractivity contribution in [1.29, 1.82) is 0 Å². The Labute approximate surface area is 66.5 Å². The molecule has 0 aromatic heterocycles. The van der Waals surface area contributed by atoms with Gasteiger partial charge in [0.05, 0.1) is 0 Å². The molecule has 1 amide bonds. The second kappa shape index (κ2) is 16.1. The maximum absolute atomic E-state index is 8.78. The molecule has 0 unspecified atom stereocenters. The van der Waals surface area contributed by atoms with Gasteiger partial charge in [-0.05, 0) is 20.8 Å². The fourth-order valence-corrected chi connectivity index (χ4v) is 0. The molecule has 0 rings (SSSR count). The quantitative estimate of drug-likeness (QED) is 0.408. The first-order chi connectivity index (χ1) is 4.88. The smallest absolute Gasteiger partial charge is 0.402 e. The zero-order chi connectivity index (χ0) is 9.86. The Morgan fingerprint density at radius 2 is 1.55 bits per heavy atom. The molecule has 0 aliphatic carbocycles. The van der Waals surface area contributed by atoms with Crippen molar-refractivity contribution in [2.45, 2.75) is 26.9 Å². The topological polar surface area (TPSA) is 104 Å². The van der Waals surface area contributed by atoms with E-state index in [0.717, 1.165) is 0 Å². The lowest BCUT2D eigenvalue weighted by Gasteiger charge is -1.80. The van der Waals surface area contributed by atoms with E-state index in [1.54, 1.807) is 20.8 Å². The highest BCUT2D eigenvalue weighted by atomic mass is 16.4. The molecule has 0 bridgehead atoms. The summed E-state index contributed by atoms with van der Waals surface area (Å²) in [5.74, 6) is 0. The minimum Gasteiger partial charge on any atom is -0.465 e. The van der Waals surface area contributed by atoms with E-state index in [1.165, 1.54) is 0 Å². The molecular weight excluding hydrogens is 150 g/mol. The fourth-order valence-electron chi connectivity index (χ4n) is 0. The van der Waals surface area contributed by atoms with Crippen molar-refractivity contribution in [3.63, 3.8) is 0 Å². The first kappa shape index (κ1) is 16.6. The molecule has 0 saturated heterocycles. The van der Waals surface area contributed by atoms with Crippen molar-refractivity contribution in [1.82, 2.24) is 0 Å². The van der Waals surface area contributed by atoms with Gasteiger partial charge in [-0.25, -0.2) is 4.79 Å². The van der Waals surface area contributed by atoms with Gasteiger partial charge in [-0.3, -0.25) is 0 Å². The van der Waals surface area contributed by atoms with Crippen LogP contribution in [0.15, 0.2) is 0 Å². The van der Waals surface area contributed by atoms with Crippen LogP contribution in [0.2, 0.25) is 0 Å². The summed E-state index contributed by atoms with van der Waals surface area (Å²) >= 11 is 0. The van der Waals surface area contributed by atoms with Gasteiger partial charge >= 0.3 is 6.09 Å². The van der Waals surface area contributed by atoms with Crippen LogP contribution in [0.5, 0.6) is 0 Å². The third kappa shape index (κ3) is 724. The largest absolute Gasteiger partial charge is 0.465 e. The Hall–Kier alpha value is -0.810. The van der Waals surface area contributed by atoms with Crippen molar-refractivity contribution in [2.24, 2.45) is 5.73 Å². The number of aliphatic hydroxyl groups excluding tert-OH is 2. The molecule has 0 aromatic rings. The number of rotatable bonds is 0. The molecule has 0 heterocycles. The summed E-state index contributed by atoms with van der Waals surface area (Å²) in [7, 11) is 0. The van der Waals surface area contributed by atoms with Crippen molar-refractivity contribution < 1.29 is 20.1 Å². The van der Waals surface area contributed by atoms with E-state index in [4.69, 9.17) is 20.1 Å². The molecule has 0 radical (unpaired) electrons. The highest BCUT2D eigenvalue weighted by molar-refractivity contribution is 5.61. The molecule has 5 heteroatoms. The molecule has 5 N–H and O–H groups in total. The van der Waals surface area contributed by atoms with E-state index in [1.807, 2.05) is 0 Å². The van der Waals surface area contributed by atoms with Crippen LogP contribution in [0.1, 0.15) is 20.8 Å². The number of hydrogen-bond acceptors (Lipinski definition) is 3. The third-order valence-corrected chi connectivity index (χ3v) is 0. The van der Waals surface area contributed by atoms with Gasteiger partial charge in [-0.1, -0.05) is 0 Å². The summed E-state index contributed by atoms with van der Waals surface area (Å²) in [6.07, 6.45) is -1.50. The van der Waals surface area contributed by atoms with E-state index in [-0.39, 0.29) is 12.7 Å². The van der Waals surface area contributed by atoms with Gasteiger partial charge in [0.25, 0.3) is 0 Å². The van der Waals surface area contributed by atoms with Crippen molar-refractivity contribution in [3.05, 3.63) is 0 Å². The van der Waals surface area contributed by atoms with Gasteiger partial charge in [0.1, 0.15) is 0 Å². The number of primary amides is 1. The first-order valence-electron chi connectivity index (χ1n) is 3.15. The van der Waals surface area contributed by atoms with Crippen LogP contribution in [0.25, 0.3) is 0 Å². The van der Waals surface area contributed by atoms with Crippen LogP contribution in [-0.4, -0.2) is 34.1 Å². The van der Waals surface area contributed by atoms with E-state index in [9.17, 15) is 0 Å². The number of amides is 1. The predicted molar refractivity (Wildman–Crippen MR) is 42.3 cm³/mol. The number of hydrogen-bond donors (Lipinski definition) is 4. The molecule has 0 fully saturated rings. The van der Waals surface area contributed by atoms with E-state index < -0.39 is 6.09 Å². The van der Waals surface area contributed by atoms with Gasteiger partial charge < -0.3 is 21.1 Å². The van der Waals surface area contributed by atoms with Gasteiger partial charge in [-0.15, -0.1) is 0 Å². The molecule has 0 aliphatic rings. The van der Waals surface area contributed by atoms with Gasteiger partial charge in [-0.2, -0.15) is 0 Å². The molecule has 70 valence electrons. The SMILES string of the molecule is CC(C)O.CCO.NC(=O)O. The van der Waals surface area contributed by atoms with Gasteiger partial charge in [0.2, 0.25) is 0 Å². The molecule has 0 aliphatic heterocycles. The summed E-state index contributed by atoms with van der Waals surface area (Å²) in [5.41, 5.74) is 4.03. The Balaban J connectivity index is -0.0000000886. The summed E-state index contributed by atoms with van der Waals surface area (Å²) in [6.45, 7) is 5.38. The maximum Gasteiger partial charge on any atom is 0.402 e. The van der Waals surface area contributed by atoms with E-state index in [0.29, 0.717) is 0 Å². The number of nitrogens with two attached hydrogens (primary N) is 1. The van der Waals surface area contributed by atoms with E-state index in [2.05, 4.69) is 5.73 Å². The highest BCUT2D eigenvalue weighted by Crippen LogP contribution is 1.65. The summed E-state index contributed by atoms with van der Waals surface area (Å²) < 4.78 is 0. The first-order valence-corrected chi connectivity index (χ1v) is 3.15. The second-order valence-electron chi connectivity index (χ2n) is 1.75. The average Bonchev–Trinajstić information content (AvgIpc) is 1.60. The highest BCUT2D eigenvalue weighted by Gasteiger charge is 1.69. The lowest BCUT2D eigenvalue weighted by Crippen LogP contribution is -2.03. The molecule has 11 heavy (non-hydrogen) atoms. The maximum atomic E-state index is 8.78. The van der Waals surface area contributed by atoms with Crippen LogP contribution >= 0.6 is 0 Å². The molecule has 0 saturated carbocycles. The van der Waals surface area contributed by atoms with E-state index >= 15 is 0 Å². The van der Waals surface area contributed by atoms with Crippen LogP contribution in [0.4, 0.5) is 4.79 Å². The number of carbonyl (C=O) groups is 1. The molecule has 0 atom stereocenters. The lowest BCUT2D eigenvalue weighted by molar-refractivity contribution is 0.205. The number of aliphatic hydroxyl groups is 2. The molecule has 0 spiro atoms. The third-order valence-electron chi connectivity index (χ3n) is 0. The Morgan fingerprint density at radius 1 is 1.55 bits per heavy atom. The molecule has 5 nitrogen and oxygen atoms in total. The number of carboxylic acid groups (broad SMARTS) is 1. The van der Waals surface area contributed by atoms with Crippen LogP contribution in [0.3, 0.4) is 0 Å². The summed E-state index contributed by atoms with van der Waals surface area (Å²) in [6, 6.07) is 0. The van der Waals surface area contributed by atoms with Crippen molar-refractivity contribution >= 4 is 6.09 Å². The minimum atomic E-state index is -1.33.